The number of aryl methyl sites for hydroxylation is 1. The number of morpholine rings is 1. The minimum atomic E-state index is -0.0508. The first kappa shape index (κ1) is 19.6. The minimum absolute atomic E-state index is 0.0508. The molecule has 1 aliphatic carbocycles. The number of hydrogen-bond donors (Lipinski definition) is 1. The Kier molecular flexibility index (Phi) is 5.85. The van der Waals surface area contributed by atoms with Gasteiger partial charge in [-0.05, 0) is 44.0 Å². The van der Waals surface area contributed by atoms with Crippen molar-refractivity contribution < 1.29 is 9.53 Å². The van der Waals surface area contributed by atoms with Crippen LogP contribution in [-0.2, 0) is 4.74 Å². The van der Waals surface area contributed by atoms with Crippen molar-refractivity contribution in [1.82, 2.24) is 15.2 Å². The van der Waals surface area contributed by atoms with Gasteiger partial charge >= 0.3 is 0 Å². The molecule has 1 aliphatic heterocycles. The summed E-state index contributed by atoms with van der Waals surface area (Å²) < 4.78 is 5.55. The van der Waals surface area contributed by atoms with Crippen molar-refractivity contribution in [3.63, 3.8) is 0 Å². The first-order valence-corrected chi connectivity index (χ1v) is 10.6. The highest BCUT2D eigenvalue weighted by Gasteiger charge is 2.38. The van der Waals surface area contributed by atoms with Crippen molar-refractivity contribution in [2.24, 2.45) is 0 Å². The Labute approximate surface area is 171 Å². The van der Waals surface area contributed by atoms with Gasteiger partial charge in [-0.3, -0.25) is 14.7 Å². The van der Waals surface area contributed by atoms with Gasteiger partial charge in [0.25, 0.3) is 5.91 Å². The van der Waals surface area contributed by atoms with Crippen molar-refractivity contribution in [3.05, 3.63) is 40.5 Å². The number of carbonyl (C=O) groups excluding carboxylic acids is 1. The second kappa shape index (κ2) is 8.36. The van der Waals surface area contributed by atoms with Crippen molar-refractivity contribution in [2.75, 3.05) is 32.8 Å². The highest BCUT2D eigenvalue weighted by atomic mass is 35.5. The van der Waals surface area contributed by atoms with E-state index in [-0.39, 0.29) is 11.4 Å². The van der Waals surface area contributed by atoms with Gasteiger partial charge in [-0.25, -0.2) is 0 Å². The van der Waals surface area contributed by atoms with E-state index >= 15 is 0 Å². The molecule has 28 heavy (non-hydrogen) atoms. The predicted molar refractivity (Wildman–Crippen MR) is 112 cm³/mol. The van der Waals surface area contributed by atoms with Crippen LogP contribution in [0.1, 0.15) is 48.2 Å². The van der Waals surface area contributed by atoms with E-state index in [0.717, 1.165) is 55.7 Å². The minimum Gasteiger partial charge on any atom is -0.379 e. The van der Waals surface area contributed by atoms with Gasteiger partial charge in [0, 0.05) is 35.6 Å². The number of fused-ring (bicyclic) bond motifs is 1. The lowest BCUT2D eigenvalue weighted by Gasteiger charge is -2.48. The van der Waals surface area contributed by atoms with E-state index in [4.69, 9.17) is 16.3 Å². The molecular formula is C22H28ClN3O2. The molecule has 1 saturated carbocycles. The molecule has 1 N–H and O–H groups in total. The third-order valence-electron chi connectivity index (χ3n) is 6.26. The molecular weight excluding hydrogens is 374 g/mol. The number of aromatic nitrogens is 1. The average Bonchev–Trinajstić information content (AvgIpc) is 2.73. The standard InChI is InChI=1S/C22H28ClN3O2/c1-16-19(14-17-13-18(23)5-6-20(17)25-16)21(27)24-15-22(7-3-2-4-8-22)26-9-11-28-12-10-26/h5-6,13-14H,2-4,7-12,15H2,1H3,(H,24,27). The molecule has 2 aliphatic rings. The third kappa shape index (κ3) is 4.02. The van der Waals surface area contributed by atoms with Gasteiger partial charge in [0.2, 0.25) is 0 Å². The molecule has 5 nitrogen and oxygen atoms in total. The fraction of sp³-hybridized carbons (Fsp3) is 0.545. The molecule has 1 amide bonds. The first-order valence-electron chi connectivity index (χ1n) is 10.3. The molecule has 0 bridgehead atoms. The number of carbonyl (C=O) groups is 1. The maximum absolute atomic E-state index is 13.0. The molecule has 2 fully saturated rings. The maximum Gasteiger partial charge on any atom is 0.253 e. The normalized spacial score (nSPS) is 20.2. The number of ether oxygens (including phenoxy) is 1. The van der Waals surface area contributed by atoms with Crippen LogP contribution < -0.4 is 5.32 Å². The lowest BCUT2D eigenvalue weighted by Crippen LogP contribution is -2.59. The summed E-state index contributed by atoms with van der Waals surface area (Å²) in [7, 11) is 0. The molecule has 4 rings (SSSR count). The van der Waals surface area contributed by atoms with Gasteiger partial charge < -0.3 is 10.1 Å². The van der Waals surface area contributed by atoms with Crippen LogP contribution in [0.4, 0.5) is 0 Å². The topological polar surface area (TPSA) is 54.5 Å². The van der Waals surface area contributed by atoms with Crippen LogP contribution >= 0.6 is 11.6 Å². The van der Waals surface area contributed by atoms with Gasteiger partial charge in [0.1, 0.15) is 0 Å². The largest absolute Gasteiger partial charge is 0.379 e. The Hall–Kier alpha value is -1.69. The second-order valence-electron chi connectivity index (χ2n) is 8.03. The van der Waals surface area contributed by atoms with Gasteiger partial charge in [-0.15, -0.1) is 0 Å². The monoisotopic (exact) mass is 401 g/mol. The number of nitrogens with zero attached hydrogens (tertiary/aromatic N) is 2. The summed E-state index contributed by atoms with van der Waals surface area (Å²) in [5, 5.41) is 4.78. The van der Waals surface area contributed by atoms with E-state index < -0.39 is 0 Å². The smallest absolute Gasteiger partial charge is 0.253 e. The number of benzene rings is 1. The van der Waals surface area contributed by atoms with E-state index in [0.29, 0.717) is 17.1 Å². The zero-order valence-electron chi connectivity index (χ0n) is 16.5. The Balaban J connectivity index is 1.53. The molecule has 6 heteroatoms. The van der Waals surface area contributed by atoms with Crippen molar-refractivity contribution >= 4 is 28.4 Å². The Morgan fingerprint density at radius 2 is 1.96 bits per heavy atom. The molecule has 1 saturated heterocycles. The SMILES string of the molecule is Cc1nc2ccc(Cl)cc2cc1C(=O)NCC1(N2CCOCC2)CCCCC1. The number of pyridine rings is 1. The maximum atomic E-state index is 13.0. The zero-order valence-corrected chi connectivity index (χ0v) is 17.2. The lowest BCUT2D eigenvalue weighted by atomic mass is 9.79. The van der Waals surface area contributed by atoms with E-state index in [9.17, 15) is 4.79 Å². The summed E-state index contributed by atoms with van der Waals surface area (Å²) in [6.07, 6.45) is 6.01. The van der Waals surface area contributed by atoms with Crippen LogP contribution in [0.15, 0.2) is 24.3 Å². The summed E-state index contributed by atoms with van der Waals surface area (Å²) in [5.74, 6) is -0.0508. The van der Waals surface area contributed by atoms with Crippen molar-refractivity contribution in [1.29, 1.82) is 0 Å². The van der Waals surface area contributed by atoms with E-state index in [1.807, 2.05) is 31.2 Å². The van der Waals surface area contributed by atoms with Gasteiger partial charge in [-0.1, -0.05) is 30.9 Å². The molecule has 1 aromatic heterocycles. The average molecular weight is 402 g/mol. The molecule has 0 spiro atoms. The predicted octanol–water partition coefficient (Wildman–Crippen LogP) is 3.96. The fourth-order valence-corrected chi connectivity index (χ4v) is 4.85. The van der Waals surface area contributed by atoms with Crippen LogP contribution in [0, 0.1) is 6.92 Å². The summed E-state index contributed by atoms with van der Waals surface area (Å²) >= 11 is 6.11. The van der Waals surface area contributed by atoms with Gasteiger partial charge in [0.05, 0.1) is 30.0 Å². The molecule has 2 heterocycles. The lowest BCUT2D eigenvalue weighted by molar-refractivity contribution is -0.0361. The molecule has 2 aromatic rings. The highest BCUT2D eigenvalue weighted by molar-refractivity contribution is 6.31. The Bertz CT molecular complexity index is 858. The van der Waals surface area contributed by atoms with E-state index in [1.54, 1.807) is 0 Å². The van der Waals surface area contributed by atoms with Gasteiger partial charge in [0.15, 0.2) is 0 Å². The van der Waals surface area contributed by atoms with Crippen LogP contribution in [0.5, 0.6) is 0 Å². The first-order chi connectivity index (χ1) is 13.6. The molecule has 150 valence electrons. The summed E-state index contributed by atoms with van der Waals surface area (Å²) in [5.41, 5.74) is 2.29. The number of amides is 1. The molecule has 0 radical (unpaired) electrons. The highest BCUT2D eigenvalue weighted by Crippen LogP contribution is 2.34. The number of hydrogen-bond acceptors (Lipinski definition) is 4. The van der Waals surface area contributed by atoms with Gasteiger partial charge in [-0.2, -0.15) is 0 Å². The van der Waals surface area contributed by atoms with Crippen LogP contribution in [0.2, 0.25) is 5.02 Å². The quantitative estimate of drug-likeness (QED) is 0.842. The summed E-state index contributed by atoms with van der Waals surface area (Å²) in [6.45, 7) is 6.03. The molecule has 1 aromatic carbocycles. The van der Waals surface area contributed by atoms with Crippen molar-refractivity contribution in [3.8, 4) is 0 Å². The zero-order chi connectivity index (χ0) is 19.6. The third-order valence-corrected chi connectivity index (χ3v) is 6.49. The van der Waals surface area contributed by atoms with Crippen LogP contribution in [0.3, 0.4) is 0 Å². The van der Waals surface area contributed by atoms with Crippen LogP contribution in [0.25, 0.3) is 10.9 Å². The fourth-order valence-electron chi connectivity index (χ4n) is 4.67. The van der Waals surface area contributed by atoms with E-state index in [2.05, 4.69) is 15.2 Å². The second-order valence-corrected chi connectivity index (χ2v) is 8.46. The van der Waals surface area contributed by atoms with Crippen LogP contribution in [-0.4, -0.2) is 54.2 Å². The number of rotatable bonds is 4. The summed E-state index contributed by atoms with van der Waals surface area (Å²) in [4.78, 5) is 20.2. The number of halogens is 1. The number of nitrogens with one attached hydrogen (secondary N) is 1. The van der Waals surface area contributed by atoms with E-state index in [1.165, 1.54) is 19.3 Å². The molecule has 0 atom stereocenters. The molecule has 0 unspecified atom stereocenters. The Morgan fingerprint density at radius 3 is 2.71 bits per heavy atom. The summed E-state index contributed by atoms with van der Waals surface area (Å²) in [6, 6.07) is 7.48. The Morgan fingerprint density at radius 1 is 1.21 bits per heavy atom. The van der Waals surface area contributed by atoms with Crippen molar-refractivity contribution in [2.45, 2.75) is 44.6 Å².